The Morgan fingerprint density at radius 2 is 1.83 bits per heavy atom. The third kappa shape index (κ3) is 7.60. The Morgan fingerprint density at radius 3 is 2.49 bits per heavy atom. The number of ether oxygens (including phenoxy) is 1. The molecule has 0 radical (unpaired) electrons. The van der Waals surface area contributed by atoms with Crippen molar-refractivity contribution in [3.8, 4) is 0 Å². The fourth-order valence-electron chi connectivity index (χ4n) is 6.59. The van der Waals surface area contributed by atoms with Crippen molar-refractivity contribution in [2.24, 2.45) is 5.92 Å². The number of hydrogen-bond acceptors (Lipinski definition) is 5. The summed E-state index contributed by atoms with van der Waals surface area (Å²) < 4.78 is 50.7. The lowest BCUT2D eigenvalue weighted by atomic mass is 9.76. The minimum absolute atomic E-state index is 0.109. The van der Waals surface area contributed by atoms with Gasteiger partial charge in [-0.25, -0.2) is 22.9 Å². The molecular weight excluding hydrogens is 652 g/mol. The Labute approximate surface area is 281 Å². The number of hydrogen-bond donors (Lipinski definition) is 2. The molecule has 0 bridgehead atoms. The molecule has 0 aliphatic heterocycles. The minimum atomic E-state index is -2.75. The molecule has 12 heteroatoms. The number of halogens is 5. The molecule has 5 rings (SSSR count). The quantitative estimate of drug-likeness (QED) is 0.137. The van der Waals surface area contributed by atoms with E-state index < -0.39 is 41.5 Å². The first-order valence-corrected chi connectivity index (χ1v) is 16.4. The molecule has 1 fully saturated rings. The normalized spacial score (nSPS) is 16.3. The van der Waals surface area contributed by atoms with Crippen LogP contribution in [-0.2, 0) is 16.1 Å². The lowest BCUT2D eigenvalue weighted by Crippen LogP contribution is -2.51. The summed E-state index contributed by atoms with van der Waals surface area (Å²) in [5.74, 6) is -5.62. The third-order valence-corrected chi connectivity index (χ3v) is 9.28. The fraction of sp³-hybridized carbons (Fsp3) is 0.400. The summed E-state index contributed by atoms with van der Waals surface area (Å²) in [6.07, 6.45) is 0.547. The van der Waals surface area contributed by atoms with Gasteiger partial charge in [-0.05, 0) is 73.8 Å². The zero-order chi connectivity index (χ0) is 33.9. The number of nitrogens with one attached hydrogen (secondary N) is 2. The summed E-state index contributed by atoms with van der Waals surface area (Å²) in [4.78, 5) is 31.6. The van der Waals surface area contributed by atoms with Gasteiger partial charge < -0.3 is 19.9 Å². The number of methoxy groups -OCH3 is 1. The first kappa shape index (κ1) is 34.7. The summed E-state index contributed by atoms with van der Waals surface area (Å²) in [5.41, 5.74) is 2.25. The lowest BCUT2D eigenvalue weighted by molar-refractivity contribution is -0.120. The van der Waals surface area contributed by atoms with E-state index in [0.29, 0.717) is 47.0 Å². The molecule has 1 heterocycles. The zero-order valence-electron chi connectivity index (χ0n) is 26.3. The van der Waals surface area contributed by atoms with Crippen LogP contribution >= 0.6 is 23.2 Å². The molecule has 2 N–H and O–H groups in total. The van der Waals surface area contributed by atoms with Crippen molar-refractivity contribution in [2.75, 3.05) is 19.0 Å². The SMILES string of the molecule is CCC[C@@H](c1nc2cc(C(=O)OC)ccc2n1CC)C(c1cccc(Cl)c1F)C(NCC1CC(F)(F)C1)C(=O)Nc1cccc(Cl)c1. The number of anilines is 1. The molecule has 7 nitrogen and oxygen atoms in total. The Hall–Kier alpha value is -3.60. The van der Waals surface area contributed by atoms with Gasteiger partial charge in [-0.3, -0.25) is 4.79 Å². The summed E-state index contributed by atoms with van der Waals surface area (Å²) in [6, 6.07) is 15.3. The van der Waals surface area contributed by atoms with Crippen LogP contribution < -0.4 is 10.6 Å². The van der Waals surface area contributed by atoms with Gasteiger partial charge in [-0.2, -0.15) is 0 Å². The molecule has 2 unspecified atom stereocenters. The Bertz CT molecular complexity index is 1760. The van der Waals surface area contributed by atoms with E-state index in [1.165, 1.54) is 13.2 Å². The van der Waals surface area contributed by atoms with E-state index in [0.717, 1.165) is 5.52 Å². The van der Waals surface area contributed by atoms with Crippen molar-refractivity contribution in [3.63, 3.8) is 0 Å². The molecule has 47 heavy (non-hydrogen) atoms. The van der Waals surface area contributed by atoms with Crippen LogP contribution in [0.5, 0.6) is 0 Å². The van der Waals surface area contributed by atoms with E-state index in [1.54, 1.807) is 54.6 Å². The van der Waals surface area contributed by atoms with Crippen LogP contribution in [0.1, 0.15) is 73.1 Å². The molecule has 0 spiro atoms. The average Bonchev–Trinajstić information content (AvgIpc) is 3.40. The van der Waals surface area contributed by atoms with E-state index in [9.17, 15) is 18.4 Å². The number of alkyl halides is 2. The number of carbonyl (C=O) groups excluding carboxylic acids is 2. The second-order valence-electron chi connectivity index (χ2n) is 12.0. The van der Waals surface area contributed by atoms with Crippen LogP contribution in [0.15, 0.2) is 60.7 Å². The first-order chi connectivity index (χ1) is 22.5. The Kier molecular flexibility index (Phi) is 10.8. The number of aryl methyl sites for hydroxylation is 1. The highest BCUT2D eigenvalue weighted by molar-refractivity contribution is 6.31. The van der Waals surface area contributed by atoms with Crippen molar-refractivity contribution in [1.82, 2.24) is 14.9 Å². The molecule has 1 amide bonds. The van der Waals surface area contributed by atoms with Gasteiger partial charge in [0.1, 0.15) is 11.6 Å². The molecule has 0 saturated heterocycles. The smallest absolute Gasteiger partial charge is 0.337 e. The van der Waals surface area contributed by atoms with E-state index in [1.807, 2.05) is 18.4 Å². The van der Waals surface area contributed by atoms with Crippen LogP contribution in [0.2, 0.25) is 10.0 Å². The maximum atomic E-state index is 16.1. The number of carbonyl (C=O) groups is 2. The van der Waals surface area contributed by atoms with E-state index in [4.69, 9.17) is 32.9 Å². The maximum Gasteiger partial charge on any atom is 0.337 e. The van der Waals surface area contributed by atoms with Gasteiger partial charge in [0, 0.05) is 41.9 Å². The molecule has 3 atom stereocenters. The second-order valence-corrected chi connectivity index (χ2v) is 12.8. The zero-order valence-corrected chi connectivity index (χ0v) is 27.8. The van der Waals surface area contributed by atoms with Gasteiger partial charge in [0.05, 0.1) is 34.8 Å². The number of aromatic nitrogens is 2. The lowest BCUT2D eigenvalue weighted by Gasteiger charge is -2.38. The predicted octanol–water partition coefficient (Wildman–Crippen LogP) is 8.60. The van der Waals surface area contributed by atoms with Gasteiger partial charge in [-0.15, -0.1) is 0 Å². The third-order valence-electron chi connectivity index (χ3n) is 8.76. The molecular formula is C35H37Cl2F3N4O3. The Morgan fingerprint density at radius 1 is 1.09 bits per heavy atom. The number of nitrogens with zero attached hydrogens (tertiary/aromatic N) is 2. The second kappa shape index (κ2) is 14.7. The first-order valence-electron chi connectivity index (χ1n) is 15.7. The van der Waals surface area contributed by atoms with Crippen molar-refractivity contribution in [1.29, 1.82) is 0 Å². The van der Waals surface area contributed by atoms with Crippen LogP contribution in [0.4, 0.5) is 18.9 Å². The maximum absolute atomic E-state index is 16.1. The van der Waals surface area contributed by atoms with E-state index >= 15 is 4.39 Å². The average molecular weight is 690 g/mol. The van der Waals surface area contributed by atoms with Crippen LogP contribution in [0, 0.1) is 11.7 Å². The van der Waals surface area contributed by atoms with E-state index in [-0.39, 0.29) is 35.9 Å². The van der Waals surface area contributed by atoms with Gasteiger partial charge >= 0.3 is 5.97 Å². The largest absolute Gasteiger partial charge is 0.465 e. The highest BCUT2D eigenvalue weighted by atomic mass is 35.5. The number of fused-ring (bicyclic) bond motifs is 1. The van der Waals surface area contributed by atoms with Crippen molar-refractivity contribution in [3.05, 3.63) is 93.5 Å². The molecule has 3 aromatic carbocycles. The van der Waals surface area contributed by atoms with Crippen molar-refractivity contribution >= 4 is 51.8 Å². The van der Waals surface area contributed by atoms with Gasteiger partial charge in [-0.1, -0.05) is 54.7 Å². The van der Waals surface area contributed by atoms with E-state index in [2.05, 4.69) is 10.6 Å². The van der Waals surface area contributed by atoms with Gasteiger partial charge in [0.25, 0.3) is 0 Å². The molecule has 1 saturated carbocycles. The predicted molar refractivity (Wildman–Crippen MR) is 178 cm³/mol. The highest BCUT2D eigenvalue weighted by Gasteiger charge is 2.46. The van der Waals surface area contributed by atoms with Crippen molar-refractivity contribution < 1.29 is 27.5 Å². The standard InChI is InChI=1S/C35H37Cl2F3N4O3/c1-4-8-25(32-43-27-15-21(34(46)47-3)13-14-28(27)44(32)5-2)29(24-11-7-12-26(37)30(24)38)31(41-19-20-17-35(39,40)18-20)33(45)42-23-10-6-9-22(36)16-23/h6-7,9-16,20,25,29,31,41H,4-5,8,17-19H2,1-3H3,(H,42,45)/t25-,29?,31?/m1/s1. The number of esters is 1. The topological polar surface area (TPSA) is 85.2 Å². The summed E-state index contributed by atoms with van der Waals surface area (Å²) in [7, 11) is 1.30. The van der Waals surface area contributed by atoms with Crippen LogP contribution in [-0.4, -0.2) is 47.0 Å². The monoisotopic (exact) mass is 688 g/mol. The summed E-state index contributed by atoms with van der Waals surface area (Å²) >= 11 is 12.5. The van der Waals surface area contributed by atoms with Crippen LogP contribution in [0.3, 0.4) is 0 Å². The fourth-order valence-corrected chi connectivity index (χ4v) is 6.96. The molecule has 1 aliphatic carbocycles. The molecule has 250 valence electrons. The van der Waals surface area contributed by atoms with Crippen LogP contribution in [0.25, 0.3) is 11.0 Å². The summed E-state index contributed by atoms with van der Waals surface area (Å²) in [5, 5.41) is 6.47. The number of imidazole rings is 1. The Balaban J connectivity index is 1.67. The molecule has 1 aliphatic rings. The minimum Gasteiger partial charge on any atom is -0.465 e. The molecule has 4 aromatic rings. The highest BCUT2D eigenvalue weighted by Crippen LogP contribution is 2.44. The van der Waals surface area contributed by atoms with Gasteiger partial charge in [0.2, 0.25) is 11.8 Å². The summed E-state index contributed by atoms with van der Waals surface area (Å²) in [6.45, 7) is 4.55. The molecule has 1 aromatic heterocycles. The van der Waals surface area contributed by atoms with Gasteiger partial charge in [0.15, 0.2) is 0 Å². The number of benzene rings is 3. The number of amides is 1. The number of rotatable bonds is 13. The van der Waals surface area contributed by atoms with Crippen molar-refractivity contribution in [2.45, 2.75) is 69.9 Å².